The Hall–Kier alpha value is -1.76. The predicted octanol–water partition coefficient (Wildman–Crippen LogP) is 5.84. The molecule has 0 radical (unpaired) electrons. The molecule has 3 rings (SSSR count). The standard InChI is InChI=1S/C22H29N/c1-17(16-18-10-12-19(23)13-11-18)20-8-4-5-9-21(20)22(2)14-6-3-7-15-22/h4-5,8-13,17H,3,6-7,14-16,23H2,1-2H3. The summed E-state index contributed by atoms with van der Waals surface area (Å²) in [6.45, 7) is 4.84. The second-order valence-corrected chi connectivity index (χ2v) is 7.56. The zero-order valence-electron chi connectivity index (χ0n) is 14.5. The van der Waals surface area contributed by atoms with E-state index in [1.54, 1.807) is 5.56 Å². The lowest BCUT2D eigenvalue weighted by Gasteiger charge is -2.37. The minimum atomic E-state index is 0.365. The minimum Gasteiger partial charge on any atom is -0.399 e. The van der Waals surface area contributed by atoms with E-state index in [0.29, 0.717) is 11.3 Å². The molecule has 1 nitrogen and oxygen atoms in total. The number of anilines is 1. The zero-order valence-corrected chi connectivity index (χ0v) is 14.5. The normalized spacial score (nSPS) is 18.5. The SMILES string of the molecule is CC(Cc1ccc(N)cc1)c1ccccc1C1(C)CCCCC1. The van der Waals surface area contributed by atoms with Crippen LogP contribution in [0.15, 0.2) is 48.5 Å². The summed E-state index contributed by atoms with van der Waals surface area (Å²) in [5, 5.41) is 0. The van der Waals surface area contributed by atoms with Gasteiger partial charge in [0.25, 0.3) is 0 Å². The summed E-state index contributed by atoms with van der Waals surface area (Å²) in [5.74, 6) is 0.536. The van der Waals surface area contributed by atoms with E-state index in [1.165, 1.54) is 43.2 Å². The third-order valence-corrected chi connectivity index (χ3v) is 5.62. The summed E-state index contributed by atoms with van der Waals surface area (Å²) in [5.41, 5.74) is 11.5. The molecule has 1 fully saturated rings. The van der Waals surface area contributed by atoms with Gasteiger partial charge in [-0.05, 0) is 59.4 Å². The van der Waals surface area contributed by atoms with Crippen molar-refractivity contribution in [2.24, 2.45) is 0 Å². The lowest BCUT2D eigenvalue weighted by molar-refractivity contribution is 0.316. The highest BCUT2D eigenvalue weighted by Gasteiger charge is 2.31. The fourth-order valence-electron chi connectivity index (χ4n) is 4.20. The van der Waals surface area contributed by atoms with Gasteiger partial charge in [0.1, 0.15) is 0 Å². The minimum absolute atomic E-state index is 0.365. The molecule has 0 aliphatic heterocycles. The van der Waals surface area contributed by atoms with Gasteiger partial charge in [-0.1, -0.05) is 69.5 Å². The van der Waals surface area contributed by atoms with Crippen molar-refractivity contribution in [3.8, 4) is 0 Å². The highest BCUT2D eigenvalue weighted by molar-refractivity contribution is 5.41. The lowest BCUT2D eigenvalue weighted by Crippen LogP contribution is -2.27. The maximum atomic E-state index is 5.81. The Balaban J connectivity index is 1.85. The van der Waals surface area contributed by atoms with Crippen LogP contribution in [0.25, 0.3) is 0 Å². The van der Waals surface area contributed by atoms with Crippen LogP contribution < -0.4 is 5.73 Å². The Morgan fingerprint density at radius 1 is 0.957 bits per heavy atom. The Kier molecular flexibility index (Phi) is 4.75. The molecule has 1 aliphatic carbocycles. The molecule has 1 unspecified atom stereocenters. The maximum absolute atomic E-state index is 5.81. The van der Waals surface area contributed by atoms with E-state index in [0.717, 1.165) is 12.1 Å². The van der Waals surface area contributed by atoms with Crippen molar-refractivity contribution in [1.82, 2.24) is 0 Å². The van der Waals surface area contributed by atoms with Crippen molar-refractivity contribution >= 4 is 5.69 Å². The summed E-state index contributed by atoms with van der Waals surface area (Å²) in [7, 11) is 0. The Bertz CT molecular complexity index is 635. The van der Waals surface area contributed by atoms with Crippen molar-refractivity contribution < 1.29 is 0 Å². The zero-order chi connectivity index (χ0) is 16.3. The van der Waals surface area contributed by atoms with Crippen LogP contribution in [0.1, 0.15) is 68.6 Å². The van der Waals surface area contributed by atoms with Crippen molar-refractivity contribution in [2.75, 3.05) is 5.73 Å². The van der Waals surface area contributed by atoms with Gasteiger partial charge in [0.05, 0.1) is 0 Å². The first-order chi connectivity index (χ1) is 11.1. The summed E-state index contributed by atoms with van der Waals surface area (Å²) < 4.78 is 0. The Labute approximate surface area is 140 Å². The van der Waals surface area contributed by atoms with E-state index in [2.05, 4.69) is 50.2 Å². The van der Waals surface area contributed by atoms with Gasteiger partial charge in [-0.3, -0.25) is 0 Å². The molecular weight excluding hydrogens is 278 g/mol. The van der Waals surface area contributed by atoms with Gasteiger partial charge in [-0.15, -0.1) is 0 Å². The van der Waals surface area contributed by atoms with Crippen LogP contribution in [-0.2, 0) is 11.8 Å². The van der Waals surface area contributed by atoms with Gasteiger partial charge >= 0.3 is 0 Å². The van der Waals surface area contributed by atoms with Gasteiger partial charge in [0, 0.05) is 5.69 Å². The van der Waals surface area contributed by atoms with E-state index in [4.69, 9.17) is 5.73 Å². The molecule has 0 bridgehead atoms. The van der Waals surface area contributed by atoms with Crippen LogP contribution in [0, 0.1) is 0 Å². The van der Waals surface area contributed by atoms with Gasteiger partial charge in [0.15, 0.2) is 0 Å². The molecule has 2 aromatic rings. The molecular formula is C22H29N. The van der Waals surface area contributed by atoms with Crippen molar-refractivity contribution in [2.45, 2.75) is 63.7 Å². The molecule has 2 aromatic carbocycles. The van der Waals surface area contributed by atoms with Gasteiger partial charge < -0.3 is 5.73 Å². The predicted molar refractivity (Wildman–Crippen MR) is 99.9 cm³/mol. The smallest absolute Gasteiger partial charge is 0.0314 e. The molecule has 0 saturated heterocycles. The van der Waals surface area contributed by atoms with Crippen LogP contribution in [-0.4, -0.2) is 0 Å². The first-order valence-electron chi connectivity index (χ1n) is 9.02. The largest absolute Gasteiger partial charge is 0.399 e. The molecule has 1 heteroatoms. The monoisotopic (exact) mass is 307 g/mol. The number of rotatable bonds is 4. The molecule has 0 amide bonds. The van der Waals surface area contributed by atoms with Crippen LogP contribution in [0.3, 0.4) is 0 Å². The van der Waals surface area contributed by atoms with E-state index in [1.807, 2.05) is 12.1 Å². The molecule has 1 aliphatic rings. The van der Waals surface area contributed by atoms with Gasteiger partial charge in [-0.2, -0.15) is 0 Å². The molecule has 1 atom stereocenters. The summed E-state index contributed by atoms with van der Waals surface area (Å²) in [6, 6.07) is 17.5. The lowest BCUT2D eigenvalue weighted by atomic mass is 9.68. The number of nitrogens with two attached hydrogens (primary N) is 1. The van der Waals surface area contributed by atoms with Crippen molar-refractivity contribution in [3.05, 3.63) is 65.2 Å². The summed E-state index contributed by atoms with van der Waals surface area (Å²) in [6.07, 6.45) is 7.89. The molecule has 23 heavy (non-hydrogen) atoms. The number of hydrogen-bond donors (Lipinski definition) is 1. The van der Waals surface area contributed by atoms with Crippen LogP contribution in [0.5, 0.6) is 0 Å². The first kappa shape index (κ1) is 16.1. The maximum Gasteiger partial charge on any atom is 0.0314 e. The fourth-order valence-corrected chi connectivity index (χ4v) is 4.20. The number of hydrogen-bond acceptors (Lipinski definition) is 1. The van der Waals surface area contributed by atoms with E-state index < -0.39 is 0 Å². The average Bonchev–Trinajstić information content (AvgIpc) is 2.58. The molecule has 0 spiro atoms. The first-order valence-corrected chi connectivity index (χ1v) is 9.02. The van der Waals surface area contributed by atoms with Crippen LogP contribution in [0.2, 0.25) is 0 Å². The van der Waals surface area contributed by atoms with Crippen molar-refractivity contribution in [1.29, 1.82) is 0 Å². The third-order valence-electron chi connectivity index (χ3n) is 5.62. The highest BCUT2D eigenvalue weighted by atomic mass is 14.5. The topological polar surface area (TPSA) is 26.0 Å². The van der Waals surface area contributed by atoms with Gasteiger partial charge in [-0.25, -0.2) is 0 Å². The Morgan fingerprint density at radius 3 is 2.30 bits per heavy atom. The molecule has 2 N–H and O–H groups in total. The second kappa shape index (κ2) is 6.78. The average molecular weight is 307 g/mol. The molecule has 1 saturated carbocycles. The summed E-state index contributed by atoms with van der Waals surface area (Å²) in [4.78, 5) is 0. The van der Waals surface area contributed by atoms with E-state index in [-0.39, 0.29) is 0 Å². The number of nitrogen functional groups attached to an aromatic ring is 1. The van der Waals surface area contributed by atoms with Crippen molar-refractivity contribution in [3.63, 3.8) is 0 Å². The second-order valence-electron chi connectivity index (χ2n) is 7.56. The molecule has 0 heterocycles. The van der Waals surface area contributed by atoms with Crippen LogP contribution >= 0.6 is 0 Å². The number of benzene rings is 2. The highest BCUT2D eigenvalue weighted by Crippen LogP contribution is 2.42. The Morgan fingerprint density at radius 2 is 1.61 bits per heavy atom. The van der Waals surface area contributed by atoms with Crippen LogP contribution in [0.4, 0.5) is 5.69 Å². The van der Waals surface area contributed by atoms with E-state index in [9.17, 15) is 0 Å². The van der Waals surface area contributed by atoms with E-state index >= 15 is 0 Å². The van der Waals surface area contributed by atoms with Gasteiger partial charge in [0.2, 0.25) is 0 Å². The third kappa shape index (κ3) is 3.60. The summed E-state index contributed by atoms with van der Waals surface area (Å²) >= 11 is 0. The fraction of sp³-hybridized carbons (Fsp3) is 0.455. The quantitative estimate of drug-likeness (QED) is 0.706. The molecule has 122 valence electrons. The molecule has 0 aromatic heterocycles.